The monoisotopic (exact) mass is 231 g/mol. The molecule has 0 radical (unpaired) electrons. The summed E-state index contributed by atoms with van der Waals surface area (Å²) in [5.74, 6) is 0.564. The van der Waals surface area contributed by atoms with E-state index in [-0.39, 0.29) is 0 Å². The Morgan fingerprint density at radius 3 is 2.76 bits per heavy atom. The molecule has 1 aromatic heterocycles. The van der Waals surface area contributed by atoms with E-state index in [1.807, 2.05) is 6.07 Å². The molecule has 2 atom stereocenters. The summed E-state index contributed by atoms with van der Waals surface area (Å²) >= 11 is 0. The van der Waals surface area contributed by atoms with Gasteiger partial charge in [-0.3, -0.25) is 0 Å². The van der Waals surface area contributed by atoms with Gasteiger partial charge < -0.3 is 9.73 Å². The molecule has 0 saturated heterocycles. The highest BCUT2D eigenvalue weighted by Crippen LogP contribution is 2.27. The van der Waals surface area contributed by atoms with Crippen molar-refractivity contribution in [2.24, 2.45) is 0 Å². The summed E-state index contributed by atoms with van der Waals surface area (Å²) in [4.78, 5) is 0. The van der Waals surface area contributed by atoms with Gasteiger partial charge in [0.25, 0.3) is 0 Å². The van der Waals surface area contributed by atoms with Crippen LogP contribution in [0.25, 0.3) is 11.0 Å². The van der Waals surface area contributed by atoms with Gasteiger partial charge in [0.05, 0.1) is 6.26 Å². The molecule has 0 saturated carbocycles. The lowest BCUT2D eigenvalue weighted by molar-refractivity contribution is 0.460. The van der Waals surface area contributed by atoms with Crippen molar-refractivity contribution < 1.29 is 4.42 Å². The maximum atomic E-state index is 5.38. The van der Waals surface area contributed by atoms with Crippen molar-refractivity contribution in [2.75, 3.05) is 6.54 Å². The molecule has 92 valence electrons. The molecular weight excluding hydrogens is 210 g/mol. The summed E-state index contributed by atoms with van der Waals surface area (Å²) in [6.45, 7) is 7.68. The van der Waals surface area contributed by atoms with E-state index < -0.39 is 0 Å². The summed E-state index contributed by atoms with van der Waals surface area (Å²) < 4.78 is 5.38. The van der Waals surface area contributed by atoms with Crippen LogP contribution in [-0.4, -0.2) is 12.6 Å². The van der Waals surface area contributed by atoms with E-state index in [1.54, 1.807) is 6.26 Å². The van der Waals surface area contributed by atoms with Crippen LogP contribution in [0, 0.1) is 0 Å². The van der Waals surface area contributed by atoms with Crippen LogP contribution in [0.1, 0.15) is 38.7 Å². The maximum Gasteiger partial charge on any atom is 0.133 e. The third-order valence-corrected chi connectivity index (χ3v) is 3.47. The third-order valence-electron chi connectivity index (χ3n) is 3.47. The van der Waals surface area contributed by atoms with Gasteiger partial charge in [-0.15, -0.1) is 0 Å². The fourth-order valence-corrected chi connectivity index (χ4v) is 2.56. The lowest BCUT2D eigenvalue weighted by atomic mass is 9.89. The van der Waals surface area contributed by atoms with E-state index in [1.165, 1.54) is 10.9 Å². The molecule has 0 aliphatic rings. The van der Waals surface area contributed by atoms with Crippen molar-refractivity contribution in [2.45, 2.75) is 39.2 Å². The van der Waals surface area contributed by atoms with Crippen molar-refractivity contribution in [3.05, 3.63) is 36.1 Å². The molecule has 2 rings (SSSR count). The number of hydrogen-bond donors (Lipinski definition) is 1. The normalized spacial score (nSPS) is 15.0. The highest BCUT2D eigenvalue weighted by molar-refractivity contribution is 5.77. The molecule has 0 aliphatic heterocycles. The number of likely N-dealkylation sites (N-methyl/N-ethyl adjacent to an activating group) is 1. The first-order chi connectivity index (χ1) is 8.26. The zero-order valence-electron chi connectivity index (χ0n) is 10.9. The van der Waals surface area contributed by atoms with Gasteiger partial charge in [-0.1, -0.05) is 19.9 Å². The van der Waals surface area contributed by atoms with E-state index >= 15 is 0 Å². The first kappa shape index (κ1) is 12.2. The number of rotatable bonds is 5. The highest BCUT2D eigenvalue weighted by atomic mass is 16.3. The number of furan rings is 1. The van der Waals surface area contributed by atoms with Crippen LogP contribution < -0.4 is 5.32 Å². The van der Waals surface area contributed by atoms with Gasteiger partial charge in [-0.25, -0.2) is 0 Å². The minimum atomic E-state index is 0.509. The Morgan fingerprint density at radius 2 is 2.06 bits per heavy atom. The Balaban J connectivity index is 2.28. The third kappa shape index (κ3) is 2.52. The summed E-state index contributed by atoms with van der Waals surface area (Å²) in [6, 6.07) is 9.05. The standard InChI is InChI=1S/C15H21NO/c1-4-14(11(3)16-5-2)12-6-7-15-13(10-12)8-9-17-15/h6-11,14,16H,4-5H2,1-3H3. The molecule has 0 fully saturated rings. The highest BCUT2D eigenvalue weighted by Gasteiger charge is 2.17. The van der Waals surface area contributed by atoms with Gasteiger partial charge in [0.15, 0.2) is 0 Å². The second-order valence-electron chi connectivity index (χ2n) is 4.58. The number of nitrogens with one attached hydrogen (secondary N) is 1. The number of hydrogen-bond acceptors (Lipinski definition) is 2. The van der Waals surface area contributed by atoms with E-state index in [0.717, 1.165) is 18.5 Å². The minimum absolute atomic E-state index is 0.509. The molecule has 0 bridgehead atoms. The molecule has 17 heavy (non-hydrogen) atoms. The van der Waals surface area contributed by atoms with Crippen molar-refractivity contribution in [1.82, 2.24) is 5.32 Å². The zero-order valence-corrected chi connectivity index (χ0v) is 10.9. The summed E-state index contributed by atoms with van der Waals surface area (Å²) in [5.41, 5.74) is 2.37. The second kappa shape index (κ2) is 5.37. The molecule has 0 aliphatic carbocycles. The van der Waals surface area contributed by atoms with Crippen LogP contribution >= 0.6 is 0 Å². The van der Waals surface area contributed by atoms with Crippen LogP contribution in [0.2, 0.25) is 0 Å². The van der Waals surface area contributed by atoms with Crippen LogP contribution in [0.15, 0.2) is 34.9 Å². The molecule has 0 amide bonds. The van der Waals surface area contributed by atoms with Gasteiger partial charge in [-0.05, 0) is 49.6 Å². The molecule has 2 unspecified atom stereocenters. The van der Waals surface area contributed by atoms with Crippen molar-refractivity contribution in [3.63, 3.8) is 0 Å². The van der Waals surface area contributed by atoms with Crippen LogP contribution in [0.4, 0.5) is 0 Å². The van der Waals surface area contributed by atoms with Crippen LogP contribution in [0.5, 0.6) is 0 Å². The van der Waals surface area contributed by atoms with E-state index in [9.17, 15) is 0 Å². The van der Waals surface area contributed by atoms with Gasteiger partial charge in [0.2, 0.25) is 0 Å². The first-order valence-corrected chi connectivity index (χ1v) is 6.46. The fourth-order valence-electron chi connectivity index (χ4n) is 2.56. The van der Waals surface area contributed by atoms with Gasteiger partial charge in [0.1, 0.15) is 5.58 Å². The van der Waals surface area contributed by atoms with Gasteiger partial charge >= 0.3 is 0 Å². The lowest BCUT2D eigenvalue weighted by Crippen LogP contribution is -2.31. The second-order valence-corrected chi connectivity index (χ2v) is 4.58. The average molecular weight is 231 g/mol. The Kier molecular flexibility index (Phi) is 3.85. The lowest BCUT2D eigenvalue weighted by Gasteiger charge is -2.23. The van der Waals surface area contributed by atoms with Crippen molar-refractivity contribution in [3.8, 4) is 0 Å². The molecular formula is C15H21NO. The Bertz CT molecular complexity index is 474. The van der Waals surface area contributed by atoms with E-state index in [4.69, 9.17) is 4.42 Å². The average Bonchev–Trinajstić information content (AvgIpc) is 2.77. The molecule has 1 N–H and O–H groups in total. The summed E-state index contributed by atoms with van der Waals surface area (Å²) in [5, 5.41) is 4.71. The molecule has 2 nitrogen and oxygen atoms in total. The number of fused-ring (bicyclic) bond motifs is 1. The topological polar surface area (TPSA) is 25.2 Å². The minimum Gasteiger partial charge on any atom is -0.464 e. The SMILES string of the molecule is CCNC(C)C(CC)c1ccc2occc2c1. The molecule has 2 heteroatoms. The Hall–Kier alpha value is -1.28. The van der Waals surface area contributed by atoms with E-state index in [0.29, 0.717) is 12.0 Å². The van der Waals surface area contributed by atoms with Gasteiger partial charge in [0, 0.05) is 11.4 Å². The predicted molar refractivity (Wildman–Crippen MR) is 72.4 cm³/mol. The van der Waals surface area contributed by atoms with Gasteiger partial charge in [-0.2, -0.15) is 0 Å². The van der Waals surface area contributed by atoms with Crippen molar-refractivity contribution in [1.29, 1.82) is 0 Å². The summed E-state index contributed by atoms with van der Waals surface area (Å²) in [6.07, 6.45) is 2.90. The molecule has 1 aromatic carbocycles. The molecule has 1 heterocycles. The smallest absolute Gasteiger partial charge is 0.133 e. The first-order valence-electron chi connectivity index (χ1n) is 6.46. The van der Waals surface area contributed by atoms with Crippen LogP contribution in [-0.2, 0) is 0 Å². The summed E-state index contributed by atoms with van der Waals surface area (Å²) in [7, 11) is 0. The maximum absolute atomic E-state index is 5.38. The van der Waals surface area contributed by atoms with Crippen molar-refractivity contribution >= 4 is 11.0 Å². The zero-order chi connectivity index (χ0) is 12.3. The fraction of sp³-hybridized carbons (Fsp3) is 0.467. The van der Waals surface area contributed by atoms with E-state index in [2.05, 4.69) is 44.3 Å². The number of benzene rings is 1. The predicted octanol–water partition coefficient (Wildman–Crippen LogP) is 3.92. The Morgan fingerprint density at radius 1 is 1.24 bits per heavy atom. The Labute approximate surface area is 103 Å². The largest absolute Gasteiger partial charge is 0.464 e. The quantitative estimate of drug-likeness (QED) is 0.843. The molecule has 0 spiro atoms. The van der Waals surface area contributed by atoms with Crippen LogP contribution in [0.3, 0.4) is 0 Å². The molecule has 2 aromatic rings.